The second-order valence-corrected chi connectivity index (χ2v) is 6.04. The van der Waals surface area contributed by atoms with E-state index in [-0.39, 0.29) is 11.3 Å². The summed E-state index contributed by atoms with van der Waals surface area (Å²) in [5.41, 5.74) is 5.61. The predicted octanol–water partition coefficient (Wildman–Crippen LogP) is 2.57. The smallest absolute Gasteiger partial charge is 0.289 e. The van der Waals surface area contributed by atoms with Crippen LogP contribution in [0.3, 0.4) is 0 Å². The van der Waals surface area contributed by atoms with Gasteiger partial charge in [0.25, 0.3) is 5.91 Å². The molecule has 0 saturated carbocycles. The number of halogens is 1. The molecule has 1 aliphatic heterocycles. The number of likely N-dealkylation sites (tertiary alicyclic amines) is 1. The van der Waals surface area contributed by atoms with E-state index >= 15 is 0 Å². The number of nitrogens with two attached hydrogens (primary N) is 1. The largest absolute Gasteiger partial charge is 0.444 e. The minimum atomic E-state index is -0.129. The molecule has 18 heavy (non-hydrogen) atoms. The number of hydrogen-bond donors (Lipinski definition) is 1. The Bertz CT molecular complexity index is 478. The molecule has 0 aromatic carbocycles. The van der Waals surface area contributed by atoms with Gasteiger partial charge in [0.1, 0.15) is 0 Å². The highest BCUT2D eigenvalue weighted by molar-refractivity contribution is 9.10. The van der Waals surface area contributed by atoms with Gasteiger partial charge in [-0.1, -0.05) is 19.1 Å². The van der Waals surface area contributed by atoms with Crippen molar-refractivity contribution >= 4 is 39.0 Å². The highest BCUT2D eigenvalue weighted by Gasteiger charge is 2.34. The van der Waals surface area contributed by atoms with E-state index in [4.69, 9.17) is 22.4 Å². The summed E-state index contributed by atoms with van der Waals surface area (Å²) < 4.78 is 5.84. The van der Waals surface area contributed by atoms with Crippen LogP contribution in [0.25, 0.3) is 0 Å². The quantitative estimate of drug-likeness (QED) is 0.846. The summed E-state index contributed by atoms with van der Waals surface area (Å²) in [5, 5.41) is 0. The van der Waals surface area contributed by atoms with Gasteiger partial charge in [-0.05, 0) is 40.9 Å². The monoisotopic (exact) mass is 330 g/mol. The number of carbonyl (C=O) groups is 1. The Balaban J connectivity index is 2.02. The molecule has 98 valence electrons. The van der Waals surface area contributed by atoms with Crippen molar-refractivity contribution in [2.24, 2.45) is 11.1 Å². The van der Waals surface area contributed by atoms with Crippen LogP contribution >= 0.6 is 28.1 Å². The number of thiocarbonyl (C=S) groups is 1. The third-order valence-corrected chi connectivity index (χ3v) is 4.45. The van der Waals surface area contributed by atoms with Gasteiger partial charge < -0.3 is 15.1 Å². The maximum atomic E-state index is 12.1. The molecular weight excluding hydrogens is 316 g/mol. The Morgan fingerprint density at radius 2 is 2.11 bits per heavy atom. The Kier molecular flexibility index (Phi) is 3.77. The maximum absolute atomic E-state index is 12.1. The van der Waals surface area contributed by atoms with Crippen LogP contribution in [0.1, 0.15) is 30.3 Å². The third-order valence-electron chi connectivity index (χ3n) is 3.53. The van der Waals surface area contributed by atoms with Gasteiger partial charge >= 0.3 is 0 Å². The van der Waals surface area contributed by atoms with Crippen LogP contribution in [0.5, 0.6) is 0 Å². The van der Waals surface area contributed by atoms with Gasteiger partial charge in [-0.3, -0.25) is 4.79 Å². The summed E-state index contributed by atoms with van der Waals surface area (Å²) in [6.45, 7) is 3.37. The van der Waals surface area contributed by atoms with E-state index in [1.54, 1.807) is 17.0 Å². The van der Waals surface area contributed by atoms with Crippen LogP contribution in [0, 0.1) is 5.41 Å². The zero-order valence-electron chi connectivity index (χ0n) is 10.1. The zero-order chi connectivity index (χ0) is 13.3. The van der Waals surface area contributed by atoms with Crippen molar-refractivity contribution in [3.8, 4) is 0 Å². The Morgan fingerprint density at radius 1 is 1.50 bits per heavy atom. The van der Waals surface area contributed by atoms with Crippen molar-refractivity contribution in [1.82, 2.24) is 4.90 Å². The van der Waals surface area contributed by atoms with E-state index in [1.807, 2.05) is 0 Å². The molecule has 2 rings (SSSR count). The van der Waals surface area contributed by atoms with E-state index in [9.17, 15) is 4.79 Å². The summed E-state index contributed by atoms with van der Waals surface area (Å²) in [6, 6.07) is 3.39. The minimum absolute atomic E-state index is 0.0781. The number of hydrogen-bond acceptors (Lipinski definition) is 3. The number of nitrogens with zero attached hydrogens (tertiary/aromatic N) is 1. The van der Waals surface area contributed by atoms with Crippen molar-refractivity contribution < 1.29 is 9.21 Å². The SMILES string of the molecule is CC1(C(N)=S)CCN(C(=O)c2ccc(Br)o2)CC1. The van der Waals surface area contributed by atoms with Gasteiger partial charge in [0.2, 0.25) is 0 Å². The van der Waals surface area contributed by atoms with Crippen LogP contribution < -0.4 is 5.73 Å². The first-order valence-corrected chi connectivity index (χ1v) is 6.97. The van der Waals surface area contributed by atoms with Crippen molar-refractivity contribution in [3.05, 3.63) is 22.6 Å². The van der Waals surface area contributed by atoms with Gasteiger partial charge in [0, 0.05) is 18.5 Å². The lowest BCUT2D eigenvalue weighted by molar-refractivity contribution is 0.0637. The summed E-state index contributed by atoms with van der Waals surface area (Å²) >= 11 is 8.27. The van der Waals surface area contributed by atoms with Gasteiger partial charge in [-0.15, -0.1) is 0 Å². The molecule has 1 aromatic heterocycles. The fraction of sp³-hybridized carbons (Fsp3) is 0.500. The lowest BCUT2D eigenvalue weighted by Crippen LogP contribution is -2.46. The van der Waals surface area contributed by atoms with Gasteiger partial charge in [0.15, 0.2) is 10.4 Å². The molecule has 0 unspecified atom stereocenters. The molecule has 6 heteroatoms. The zero-order valence-corrected chi connectivity index (χ0v) is 12.5. The normalized spacial score (nSPS) is 18.7. The number of rotatable bonds is 2. The van der Waals surface area contributed by atoms with E-state index < -0.39 is 0 Å². The first kappa shape index (κ1) is 13.5. The molecule has 4 nitrogen and oxygen atoms in total. The summed E-state index contributed by atoms with van der Waals surface area (Å²) in [7, 11) is 0. The molecule has 0 bridgehead atoms. The first-order chi connectivity index (χ1) is 8.42. The molecule has 0 aliphatic carbocycles. The van der Waals surface area contributed by atoms with Crippen molar-refractivity contribution in [1.29, 1.82) is 0 Å². The molecule has 1 aromatic rings. The fourth-order valence-electron chi connectivity index (χ4n) is 2.03. The molecule has 2 N–H and O–H groups in total. The van der Waals surface area contributed by atoms with Gasteiger partial charge in [0.05, 0.1) is 4.99 Å². The standard InChI is InChI=1S/C12H15BrN2O2S/c1-12(11(14)18)4-6-15(7-5-12)10(16)8-2-3-9(13)17-8/h2-3H,4-7H2,1H3,(H2,14,18). The van der Waals surface area contributed by atoms with E-state index in [0.717, 1.165) is 12.8 Å². The highest BCUT2D eigenvalue weighted by atomic mass is 79.9. The molecule has 1 aliphatic rings. The van der Waals surface area contributed by atoms with E-state index in [0.29, 0.717) is 28.5 Å². The number of carbonyl (C=O) groups excluding carboxylic acids is 1. The van der Waals surface area contributed by atoms with E-state index in [1.165, 1.54) is 0 Å². The van der Waals surface area contributed by atoms with Crippen molar-refractivity contribution in [2.75, 3.05) is 13.1 Å². The first-order valence-electron chi connectivity index (χ1n) is 5.77. The molecule has 1 saturated heterocycles. The topological polar surface area (TPSA) is 59.5 Å². The lowest BCUT2D eigenvalue weighted by atomic mass is 9.80. The Morgan fingerprint density at radius 3 is 2.56 bits per heavy atom. The fourth-order valence-corrected chi connectivity index (χ4v) is 2.55. The van der Waals surface area contributed by atoms with Crippen molar-refractivity contribution in [3.63, 3.8) is 0 Å². The summed E-state index contributed by atoms with van der Waals surface area (Å²) in [6.07, 6.45) is 1.60. The average molecular weight is 331 g/mol. The number of furan rings is 1. The molecule has 2 heterocycles. The van der Waals surface area contributed by atoms with Crippen LogP contribution in [-0.4, -0.2) is 28.9 Å². The molecule has 0 spiro atoms. The van der Waals surface area contributed by atoms with Crippen LogP contribution in [0.4, 0.5) is 0 Å². The maximum Gasteiger partial charge on any atom is 0.289 e. The lowest BCUT2D eigenvalue weighted by Gasteiger charge is -2.38. The summed E-state index contributed by atoms with van der Waals surface area (Å²) in [4.78, 5) is 14.5. The average Bonchev–Trinajstić information content (AvgIpc) is 2.76. The van der Waals surface area contributed by atoms with Crippen LogP contribution in [0.15, 0.2) is 21.2 Å². The third kappa shape index (κ3) is 2.59. The Hall–Kier alpha value is -0.880. The molecular formula is C12H15BrN2O2S. The highest BCUT2D eigenvalue weighted by Crippen LogP contribution is 2.31. The molecule has 1 fully saturated rings. The second kappa shape index (κ2) is 5.01. The number of piperidine rings is 1. The molecule has 0 radical (unpaired) electrons. The number of amides is 1. The Labute approximate surface area is 120 Å². The van der Waals surface area contributed by atoms with Crippen molar-refractivity contribution in [2.45, 2.75) is 19.8 Å². The second-order valence-electron chi connectivity index (χ2n) is 4.82. The van der Waals surface area contributed by atoms with Crippen LogP contribution in [0.2, 0.25) is 0 Å². The van der Waals surface area contributed by atoms with Gasteiger partial charge in [-0.25, -0.2) is 0 Å². The van der Waals surface area contributed by atoms with E-state index in [2.05, 4.69) is 22.9 Å². The van der Waals surface area contributed by atoms with Gasteiger partial charge in [-0.2, -0.15) is 0 Å². The molecule has 1 amide bonds. The minimum Gasteiger partial charge on any atom is -0.444 e. The van der Waals surface area contributed by atoms with Crippen LogP contribution in [-0.2, 0) is 0 Å². The predicted molar refractivity (Wildman–Crippen MR) is 76.4 cm³/mol. The molecule has 0 atom stereocenters. The summed E-state index contributed by atoms with van der Waals surface area (Å²) in [5.74, 6) is 0.284.